The van der Waals surface area contributed by atoms with Crippen LogP contribution in [-0.2, 0) is 10.3 Å². The molecule has 5 heteroatoms. The number of hydrogen-bond donors (Lipinski definition) is 1. The van der Waals surface area contributed by atoms with Gasteiger partial charge in [-0.05, 0) is 19.3 Å². The van der Waals surface area contributed by atoms with Crippen molar-refractivity contribution in [1.82, 2.24) is 10.1 Å². The second kappa shape index (κ2) is 6.48. The summed E-state index contributed by atoms with van der Waals surface area (Å²) in [6, 6.07) is 0. The third kappa shape index (κ3) is 2.98. The van der Waals surface area contributed by atoms with Crippen molar-refractivity contribution in [2.45, 2.75) is 63.4 Å². The monoisotopic (exact) mass is 267 g/mol. The molecule has 2 rings (SSSR count). The van der Waals surface area contributed by atoms with E-state index in [1.807, 2.05) is 0 Å². The molecule has 1 aromatic rings. The maximum atomic E-state index is 5.79. The number of rotatable bonds is 6. The Bertz CT molecular complexity index is 386. The van der Waals surface area contributed by atoms with E-state index in [0.29, 0.717) is 18.3 Å². The lowest BCUT2D eigenvalue weighted by atomic mass is 9.84. The lowest BCUT2D eigenvalue weighted by Crippen LogP contribution is -2.32. The Labute approximate surface area is 114 Å². The standard InChI is InChI=1S/C14H25N3O2/c1-3-7-11(10-15)12-16-13(17-19-12)14(18-2)8-5-4-6-9-14/h11H,3-10,15H2,1-2H3. The quantitative estimate of drug-likeness (QED) is 0.857. The van der Waals surface area contributed by atoms with Crippen molar-refractivity contribution in [2.24, 2.45) is 5.73 Å². The molecule has 19 heavy (non-hydrogen) atoms. The fourth-order valence-corrected chi connectivity index (χ4v) is 2.92. The topological polar surface area (TPSA) is 74.2 Å². The molecule has 0 aromatic carbocycles. The average molecular weight is 267 g/mol. The Balaban J connectivity index is 2.18. The minimum atomic E-state index is -0.342. The van der Waals surface area contributed by atoms with Gasteiger partial charge in [0.15, 0.2) is 0 Å². The molecule has 1 aliphatic carbocycles. The van der Waals surface area contributed by atoms with Gasteiger partial charge < -0.3 is 15.0 Å². The predicted molar refractivity (Wildman–Crippen MR) is 72.8 cm³/mol. The first-order valence-electron chi connectivity index (χ1n) is 7.35. The van der Waals surface area contributed by atoms with E-state index in [1.54, 1.807) is 7.11 Å². The van der Waals surface area contributed by atoms with Crippen LogP contribution in [0.1, 0.15) is 69.5 Å². The van der Waals surface area contributed by atoms with Crippen molar-refractivity contribution >= 4 is 0 Å². The van der Waals surface area contributed by atoms with Crippen LogP contribution in [0.2, 0.25) is 0 Å². The van der Waals surface area contributed by atoms with Crippen molar-refractivity contribution in [3.63, 3.8) is 0 Å². The zero-order valence-electron chi connectivity index (χ0n) is 12.0. The highest BCUT2D eigenvalue weighted by molar-refractivity contribution is 5.05. The van der Waals surface area contributed by atoms with Crippen LogP contribution in [0.4, 0.5) is 0 Å². The maximum Gasteiger partial charge on any atom is 0.231 e. The van der Waals surface area contributed by atoms with Gasteiger partial charge in [0.25, 0.3) is 0 Å². The summed E-state index contributed by atoms with van der Waals surface area (Å²) in [6.45, 7) is 2.69. The number of hydrogen-bond acceptors (Lipinski definition) is 5. The molecule has 1 atom stereocenters. The van der Waals surface area contributed by atoms with E-state index in [-0.39, 0.29) is 11.5 Å². The van der Waals surface area contributed by atoms with E-state index in [0.717, 1.165) is 38.5 Å². The Morgan fingerprint density at radius 1 is 1.37 bits per heavy atom. The number of ether oxygens (including phenoxy) is 1. The van der Waals surface area contributed by atoms with Gasteiger partial charge in [0, 0.05) is 13.7 Å². The van der Waals surface area contributed by atoms with E-state index < -0.39 is 0 Å². The summed E-state index contributed by atoms with van der Waals surface area (Å²) < 4.78 is 11.2. The largest absolute Gasteiger partial charge is 0.370 e. The van der Waals surface area contributed by atoms with Gasteiger partial charge in [0.2, 0.25) is 11.7 Å². The van der Waals surface area contributed by atoms with E-state index in [9.17, 15) is 0 Å². The maximum absolute atomic E-state index is 5.79. The molecular weight excluding hydrogens is 242 g/mol. The zero-order valence-corrected chi connectivity index (χ0v) is 12.0. The number of methoxy groups -OCH3 is 1. The molecule has 108 valence electrons. The molecule has 2 N–H and O–H groups in total. The van der Waals surface area contributed by atoms with Gasteiger partial charge in [-0.2, -0.15) is 4.98 Å². The molecule has 0 spiro atoms. The molecule has 1 saturated carbocycles. The minimum absolute atomic E-state index is 0.170. The summed E-state index contributed by atoms with van der Waals surface area (Å²) in [5.74, 6) is 1.55. The van der Waals surface area contributed by atoms with Gasteiger partial charge in [-0.15, -0.1) is 0 Å². The lowest BCUT2D eigenvalue weighted by molar-refractivity contribution is -0.0527. The van der Waals surface area contributed by atoms with Crippen LogP contribution >= 0.6 is 0 Å². The number of nitrogens with zero attached hydrogens (tertiary/aromatic N) is 2. The molecule has 1 aromatic heterocycles. The molecule has 0 saturated heterocycles. The Morgan fingerprint density at radius 3 is 2.68 bits per heavy atom. The first kappa shape index (κ1) is 14.5. The average Bonchev–Trinajstić information content (AvgIpc) is 2.95. The van der Waals surface area contributed by atoms with Gasteiger partial charge in [-0.25, -0.2) is 0 Å². The summed E-state index contributed by atoms with van der Waals surface area (Å²) in [7, 11) is 1.74. The Kier molecular flexibility index (Phi) is 4.93. The zero-order chi connectivity index (χ0) is 13.7. The van der Waals surface area contributed by atoms with Crippen LogP contribution < -0.4 is 5.73 Å². The number of aromatic nitrogens is 2. The molecule has 1 heterocycles. The molecule has 1 fully saturated rings. The van der Waals surface area contributed by atoms with Crippen molar-refractivity contribution in [3.05, 3.63) is 11.7 Å². The third-order valence-corrected chi connectivity index (χ3v) is 4.17. The predicted octanol–water partition coefficient (Wildman–Crippen LogP) is 2.72. The van der Waals surface area contributed by atoms with Crippen LogP contribution in [0.5, 0.6) is 0 Å². The normalized spacial score (nSPS) is 20.4. The second-order valence-corrected chi connectivity index (χ2v) is 5.44. The molecule has 1 aliphatic rings. The lowest BCUT2D eigenvalue weighted by Gasteiger charge is -2.32. The van der Waals surface area contributed by atoms with E-state index in [4.69, 9.17) is 15.0 Å². The van der Waals surface area contributed by atoms with Gasteiger partial charge >= 0.3 is 0 Å². The molecule has 0 amide bonds. The van der Waals surface area contributed by atoms with Crippen LogP contribution in [-0.4, -0.2) is 23.8 Å². The van der Waals surface area contributed by atoms with E-state index in [1.165, 1.54) is 6.42 Å². The molecule has 1 unspecified atom stereocenters. The van der Waals surface area contributed by atoms with Gasteiger partial charge in [0.05, 0.1) is 5.92 Å². The van der Waals surface area contributed by atoms with Crippen LogP contribution in [0.3, 0.4) is 0 Å². The van der Waals surface area contributed by atoms with Crippen molar-refractivity contribution in [2.75, 3.05) is 13.7 Å². The van der Waals surface area contributed by atoms with Crippen LogP contribution in [0, 0.1) is 0 Å². The summed E-state index contributed by atoms with van der Waals surface area (Å²) in [6.07, 6.45) is 7.58. The Morgan fingerprint density at radius 2 is 2.11 bits per heavy atom. The van der Waals surface area contributed by atoms with Crippen molar-refractivity contribution in [3.8, 4) is 0 Å². The highest BCUT2D eigenvalue weighted by Gasteiger charge is 2.38. The first-order valence-corrected chi connectivity index (χ1v) is 7.35. The minimum Gasteiger partial charge on any atom is -0.370 e. The molecule has 0 bridgehead atoms. The van der Waals surface area contributed by atoms with E-state index >= 15 is 0 Å². The van der Waals surface area contributed by atoms with Gasteiger partial charge in [-0.3, -0.25) is 0 Å². The molecular formula is C14H25N3O2. The third-order valence-electron chi connectivity index (χ3n) is 4.17. The summed E-state index contributed by atoms with van der Waals surface area (Å²) in [5, 5.41) is 4.17. The summed E-state index contributed by atoms with van der Waals surface area (Å²) in [5.41, 5.74) is 5.44. The molecule has 0 radical (unpaired) electrons. The Hall–Kier alpha value is -0.940. The van der Waals surface area contributed by atoms with Crippen LogP contribution in [0.15, 0.2) is 4.52 Å². The fourth-order valence-electron chi connectivity index (χ4n) is 2.92. The molecule has 5 nitrogen and oxygen atoms in total. The first-order chi connectivity index (χ1) is 9.25. The van der Waals surface area contributed by atoms with Crippen molar-refractivity contribution < 1.29 is 9.26 Å². The second-order valence-electron chi connectivity index (χ2n) is 5.44. The highest BCUT2D eigenvalue weighted by atomic mass is 16.5. The highest BCUT2D eigenvalue weighted by Crippen LogP contribution is 2.38. The SMILES string of the molecule is CCCC(CN)c1nc(C2(OC)CCCCC2)no1. The van der Waals surface area contributed by atoms with Crippen LogP contribution in [0.25, 0.3) is 0 Å². The van der Waals surface area contributed by atoms with Gasteiger partial charge in [0.1, 0.15) is 5.60 Å². The fraction of sp³-hybridized carbons (Fsp3) is 0.857. The number of nitrogens with two attached hydrogens (primary N) is 1. The van der Waals surface area contributed by atoms with E-state index in [2.05, 4.69) is 17.1 Å². The smallest absolute Gasteiger partial charge is 0.231 e. The van der Waals surface area contributed by atoms with Gasteiger partial charge in [-0.1, -0.05) is 37.8 Å². The summed E-state index contributed by atoms with van der Waals surface area (Å²) >= 11 is 0. The van der Waals surface area contributed by atoms with Crippen molar-refractivity contribution in [1.29, 1.82) is 0 Å². The molecule has 0 aliphatic heterocycles. The summed E-state index contributed by atoms with van der Waals surface area (Å²) in [4.78, 5) is 4.58.